The molecule has 0 aromatic rings. The summed E-state index contributed by atoms with van der Waals surface area (Å²) in [6.45, 7) is 3.17. The average Bonchev–Trinajstić information content (AvgIpc) is 2.47. The Kier molecular flexibility index (Phi) is 9.95. The Morgan fingerprint density at radius 3 is 2.10 bits per heavy atom. The summed E-state index contributed by atoms with van der Waals surface area (Å²) in [7, 11) is 2.81. The molecule has 0 atom stereocenters. The lowest BCUT2D eigenvalue weighted by Gasteiger charge is -2.29. The van der Waals surface area contributed by atoms with E-state index in [0.29, 0.717) is 19.7 Å². The smallest absolute Gasteiger partial charge is 0.320 e. The maximum absolute atomic E-state index is 12.3. The van der Waals surface area contributed by atoms with Gasteiger partial charge in [0.2, 0.25) is 0 Å². The van der Waals surface area contributed by atoms with E-state index in [1.54, 1.807) is 6.92 Å². The molecule has 0 heterocycles. The van der Waals surface area contributed by atoms with Crippen molar-refractivity contribution >= 4 is 18.0 Å². The first kappa shape index (κ1) is 19.2. The molecule has 0 saturated heterocycles. The van der Waals surface area contributed by atoms with Crippen molar-refractivity contribution in [3.63, 3.8) is 0 Å². The molecule has 122 valence electrons. The summed E-state index contributed by atoms with van der Waals surface area (Å²) in [4.78, 5) is 37.0. The molecule has 8 nitrogen and oxygen atoms in total. The van der Waals surface area contributed by atoms with Crippen molar-refractivity contribution < 1.29 is 29.0 Å². The molecule has 8 heteroatoms. The minimum Gasteiger partial charge on any atom is -0.481 e. The van der Waals surface area contributed by atoms with Gasteiger partial charge >= 0.3 is 18.0 Å². The highest BCUT2D eigenvalue weighted by Crippen LogP contribution is 2.03. The minimum absolute atomic E-state index is 0.0858. The van der Waals surface area contributed by atoms with Crippen LogP contribution in [-0.2, 0) is 19.1 Å². The van der Waals surface area contributed by atoms with Gasteiger partial charge in [-0.3, -0.25) is 9.59 Å². The Hall–Kier alpha value is -1.83. The van der Waals surface area contributed by atoms with Crippen LogP contribution in [0.15, 0.2) is 0 Å². The highest BCUT2D eigenvalue weighted by Gasteiger charge is 2.21. The maximum atomic E-state index is 12.3. The normalized spacial score (nSPS) is 10.0. The number of carbonyl (C=O) groups is 3. The number of hydrogen-bond donors (Lipinski definition) is 1. The van der Waals surface area contributed by atoms with Gasteiger partial charge in [-0.25, -0.2) is 4.79 Å². The van der Waals surface area contributed by atoms with E-state index in [2.05, 4.69) is 4.74 Å². The van der Waals surface area contributed by atoms with Gasteiger partial charge in [0, 0.05) is 33.3 Å². The minimum atomic E-state index is -0.959. The van der Waals surface area contributed by atoms with Crippen LogP contribution >= 0.6 is 0 Å². The van der Waals surface area contributed by atoms with Gasteiger partial charge in [0.15, 0.2) is 0 Å². The average molecular weight is 304 g/mol. The lowest BCUT2D eigenvalue weighted by Crippen LogP contribution is -2.46. The summed E-state index contributed by atoms with van der Waals surface area (Å²) in [5.41, 5.74) is 0. The zero-order valence-electron chi connectivity index (χ0n) is 12.8. The van der Waals surface area contributed by atoms with Gasteiger partial charge < -0.3 is 24.4 Å². The lowest BCUT2D eigenvalue weighted by molar-refractivity contribution is -0.141. The maximum Gasteiger partial charge on any atom is 0.320 e. The van der Waals surface area contributed by atoms with Crippen molar-refractivity contribution in [2.45, 2.75) is 19.8 Å². The predicted octanol–water partition coefficient (Wildman–Crippen LogP) is 0.415. The van der Waals surface area contributed by atoms with Crippen LogP contribution in [-0.4, -0.2) is 79.9 Å². The number of nitrogens with zero attached hydrogens (tertiary/aromatic N) is 2. The largest absolute Gasteiger partial charge is 0.481 e. The Labute approximate surface area is 124 Å². The fourth-order valence-corrected chi connectivity index (χ4v) is 1.65. The predicted molar refractivity (Wildman–Crippen MR) is 75.0 cm³/mol. The quantitative estimate of drug-likeness (QED) is 0.587. The van der Waals surface area contributed by atoms with E-state index in [4.69, 9.17) is 9.84 Å². The first-order valence-electron chi connectivity index (χ1n) is 6.77. The number of carboxylic acid groups (broad SMARTS) is 1. The molecule has 0 aliphatic carbocycles. The molecule has 2 amide bonds. The van der Waals surface area contributed by atoms with Gasteiger partial charge in [0.05, 0.1) is 26.6 Å². The highest BCUT2D eigenvalue weighted by molar-refractivity contribution is 5.76. The van der Waals surface area contributed by atoms with E-state index in [-0.39, 0.29) is 32.0 Å². The third kappa shape index (κ3) is 8.13. The summed E-state index contributed by atoms with van der Waals surface area (Å²) in [5, 5.41) is 8.70. The monoisotopic (exact) mass is 304 g/mol. The van der Waals surface area contributed by atoms with Crippen molar-refractivity contribution in [1.29, 1.82) is 0 Å². The molecule has 0 radical (unpaired) electrons. The number of amides is 2. The summed E-state index contributed by atoms with van der Waals surface area (Å²) >= 11 is 0. The van der Waals surface area contributed by atoms with E-state index in [1.807, 2.05) is 0 Å². The van der Waals surface area contributed by atoms with Gasteiger partial charge in [0.1, 0.15) is 0 Å². The molecule has 0 unspecified atom stereocenters. The zero-order chi connectivity index (χ0) is 16.3. The number of ether oxygens (including phenoxy) is 2. The fourth-order valence-electron chi connectivity index (χ4n) is 1.65. The fraction of sp³-hybridized carbons (Fsp3) is 0.769. The van der Waals surface area contributed by atoms with Crippen molar-refractivity contribution in [3.05, 3.63) is 0 Å². The van der Waals surface area contributed by atoms with E-state index < -0.39 is 11.9 Å². The third-order valence-electron chi connectivity index (χ3n) is 2.90. The molecule has 0 aliphatic heterocycles. The summed E-state index contributed by atoms with van der Waals surface area (Å²) in [6, 6.07) is -0.306. The number of carboxylic acids is 1. The number of methoxy groups -OCH3 is 2. The first-order chi connectivity index (χ1) is 9.96. The Balaban J connectivity index is 4.63. The molecule has 0 aliphatic rings. The van der Waals surface area contributed by atoms with E-state index in [9.17, 15) is 14.4 Å². The Bertz CT molecular complexity index is 348. The van der Waals surface area contributed by atoms with E-state index >= 15 is 0 Å². The number of hydrogen-bond acceptors (Lipinski definition) is 5. The third-order valence-corrected chi connectivity index (χ3v) is 2.90. The van der Waals surface area contributed by atoms with Crippen LogP contribution in [0.3, 0.4) is 0 Å². The number of urea groups is 1. The molecular formula is C13H24N2O6. The van der Waals surface area contributed by atoms with Crippen molar-refractivity contribution in [3.8, 4) is 0 Å². The topological polar surface area (TPSA) is 96.4 Å². The molecular weight excluding hydrogens is 280 g/mol. The molecule has 0 saturated carbocycles. The molecule has 0 bridgehead atoms. The summed E-state index contributed by atoms with van der Waals surface area (Å²) < 4.78 is 9.50. The molecule has 1 N–H and O–H groups in total. The van der Waals surface area contributed by atoms with Gasteiger partial charge in [-0.1, -0.05) is 0 Å². The number of rotatable bonds is 10. The second kappa shape index (κ2) is 10.9. The number of carbonyl (C=O) groups excluding carboxylic acids is 2. The summed E-state index contributed by atoms with van der Waals surface area (Å²) in [5.74, 6) is -1.36. The number of aliphatic carboxylic acids is 1. The van der Waals surface area contributed by atoms with Crippen LogP contribution in [0, 0.1) is 0 Å². The Morgan fingerprint density at radius 1 is 1.00 bits per heavy atom. The molecule has 0 rings (SSSR count). The lowest BCUT2D eigenvalue weighted by atomic mass is 10.3. The van der Waals surface area contributed by atoms with Crippen LogP contribution in [0.5, 0.6) is 0 Å². The van der Waals surface area contributed by atoms with Crippen molar-refractivity contribution in [2.24, 2.45) is 0 Å². The van der Waals surface area contributed by atoms with Crippen LogP contribution in [0.25, 0.3) is 0 Å². The molecule has 0 spiro atoms. The van der Waals surface area contributed by atoms with Gasteiger partial charge in [0.25, 0.3) is 0 Å². The second-order valence-corrected chi connectivity index (χ2v) is 4.31. The van der Waals surface area contributed by atoms with Crippen LogP contribution in [0.1, 0.15) is 19.8 Å². The SMILES string of the molecule is CCN(CCC(=O)O)C(=O)N(CCOC)CCC(=O)OC. The summed E-state index contributed by atoms with van der Waals surface area (Å²) in [6.07, 6.45) is -0.0306. The van der Waals surface area contributed by atoms with Crippen molar-refractivity contribution in [1.82, 2.24) is 9.80 Å². The first-order valence-corrected chi connectivity index (χ1v) is 6.77. The molecule has 0 fully saturated rings. The zero-order valence-corrected chi connectivity index (χ0v) is 12.8. The van der Waals surface area contributed by atoms with Crippen LogP contribution < -0.4 is 0 Å². The molecule has 21 heavy (non-hydrogen) atoms. The van der Waals surface area contributed by atoms with E-state index in [0.717, 1.165) is 0 Å². The van der Waals surface area contributed by atoms with Crippen LogP contribution in [0.2, 0.25) is 0 Å². The highest BCUT2D eigenvalue weighted by atomic mass is 16.5. The van der Waals surface area contributed by atoms with Gasteiger partial charge in [-0.15, -0.1) is 0 Å². The van der Waals surface area contributed by atoms with Gasteiger partial charge in [-0.05, 0) is 6.92 Å². The molecule has 0 aromatic heterocycles. The van der Waals surface area contributed by atoms with E-state index in [1.165, 1.54) is 24.0 Å². The molecule has 0 aromatic carbocycles. The standard InChI is InChI=1S/C13H24N2O6/c1-4-14(7-5-11(16)17)13(19)15(9-10-20-2)8-6-12(18)21-3/h4-10H2,1-3H3,(H,16,17). The Morgan fingerprint density at radius 2 is 1.62 bits per heavy atom. The number of esters is 1. The van der Waals surface area contributed by atoms with Crippen molar-refractivity contribution in [2.75, 3.05) is 47.0 Å². The van der Waals surface area contributed by atoms with Crippen LogP contribution in [0.4, 0.5) is 4.79 Å². The van der Waals surface area contributed by atoms with Gasteiger partial charge in [-0.2, -0.15) is 0 Å². The second-order valence-electron chi connectivity index (χ2n) is 4.31.